The van der Waals surface area contributed by atoms with E-state index in [0.29, 0.717) is 6.04 Å². The smallest absolute Gasteiger partial charge is 0.0693 e. The van der Waals surface area contributed by atoms with Crippen LogP contribution >= 0.6 is 0 Å². The predicted octanol–water partition coefficient (Wildman–Crippen LogP) is 3.24. The summed E-state index contributed by atoms with van der Waals surface area (Å²) in [4.78, 5) is 0. The molecule has 3 nitrogen and oxygen atoms in total. The third-order valence-corrected chi connectivity index (χ3v) is 3.07. The van der Waals surface area contributed by atoms with Crippen LogP contribution in [0.15, 0.2) is 36.5 Å². The Hall–Kier alpha value is -1.61. The fourth-order valence-corrected chi connectivity index (χ4v) is 2.08. The molecule has 0 aliphatic heterocycles. The molecule has 2 rings (SSSR count). The van der Waals surface area contributed by atoms with E-state index in [4.69, 9.17) is 0 Å². The molecule has 2 aromatic rings. The van der Waals surface area contributed by atoms with Crippen molar-refractivity contribution in [1.82, 2.24) is 15.1 Å². The van der Waals surface area contributed by atoms with E-state index in [2.05, 4.69) is 48.5 Å². The van der Waals surface area contributed by atoms with Gasteiger partial charge < -0.3 is 5.32 Å². The third kappa shape index (κ3) is 2.79. The molecular formula is C15H21N3. The Balaban J connectivity index is 2.30. The van der Waals surface area contributed by atoms with E-state index in [-0.39, 0.29) is 0 Å². The quantitative estimate of drug-likeness (QED) is 0.873. The molecular weight excluding hydrogens is 222 g/mol. The highest BCUT2D eigenvalue weighted by atomic mass is 15.3. The third-order valence-electron chi connectivity index (χ3n) is 3.07. The standard InChI is InChI=1S/C15H21N3/c1-4-10-16-13(3)14-7-5-6-8-15(14)18-11-9-12(2)17-18/h5-9,11,13,16H,4,10H2,1-3H3. The number of aromatic nitrogens is 2. The molecule has 0 amide bonds. The van der Waals surface area contributed by atoms with Crippen molar-refractivity contribution < 1.29 is 0 Å². The fraction of sp³-hybridized carbons (Fsp3) is 0.400. The lowest BCUT2D eigenvalue weighted by Gasteiger charge is -2.17. The maximum absolute atomic E-state index is 4.49. The van der Waals surface area contributed by atoms with Gasteiger partial charge in [0.05, 0.1) is 11.4 Å². The van der Waals surface area contributed by atoms with Crippen molar-refractivity contribution >= 4 is 0 Å². The lowest BCUT2D eigenvalue weighted by atomic mass is 10.1. The van der Waals surface area contributed by atoms with E-state index < -0.39 is 0 Å². The van der Waals surface area contributed by atoms with Gasteiger partial charge in [0.25, 0.3) is 0 Å². The van der Waals surface area contributed by atoms with Crippen molar-refractivity contribution in [3.63, 3.8) is 0 Å². The number of hydrogen-bond donors (Lipinski definition) is 1. The molecule has 0 bridgehead atoms. The molecule has 0 saturated carbocycles. The van der Waals surface area contributed by atoms with Crippen LogP contribution in [0.4, 0.5) is 0 Å². The monoisotopic (exact) mass is 243 g/mol. The Kier molecular flexibility index (Phi) is 4.15. The second-order valence-corrected chi connectivity index (χ2v) is 4.64. The van der Waals surface area contributed by atoms with Gasteiger partial charge >= 0.3 is 0 Å². The van der Waals surface area contributed by atoms with E-state index in [9.17, 15) is 0 Å². The molecule has 96 valence electrons. The molecule has 0 aliphatic rings. The maximum atomic E-state index is 4.49. The molecule has 1 aromatic carbocycles. The number of para-hydroxylation sites is 1. The summed E-state index contributed by atoms with van der Waals surface area (Å²) < 4.78 is 1.95. The Morgan fingerprint density at radius 2 is 2.06 bits per heavy atom. The van der Waals surface area contributed by atoms with E-state index in [1.165, 1.54) is 5.56 Å². The van der Waals surface area contributed by atoms with Crippen LogP contribution in [-0.2, 0) is 0 Å². The highest BCUT2D eigenvalue weighted by molar-refractivity contribution is 5.42. The van der Waals surface area contributed by atoms with Gasteiger partial charge in [0.2, 0.25) is 0 Å². The van der Waals surface area contributed by atoms with Crippen LogP contribution in [0.5, 0.6) is 0 Å². The van der Waals surface area contributed by atoms with Gasteiger partial charge in [0.1, 0.15) is 0 Å². The second-order valence-electron chi connectivity index (χ2n) is 4.64. The highest BCUT2D eigenvalue weighted by Crippen LogP contribution is 2.21. The van der Waals surface area contributed by atoms with Crippen LogP contribution in [0, 0.1) is 6.92 Å². The van der Waals surface area contributed by atoms with Crippen LogP contribution < -0.4 is 5.32 Å². The minimum Gasteiger partial charge on any atom is -0.310 e. The number of benzene rings is 1. The lowest BCUT2D eigenvalue weighted by Crippen LogP contribution is -2.20. The van der Waals surface area contributed by atoms with Crippen LogP contribution in [-0.4, -0.2) is 16.3 Å². The zero-order chi connectivity index (χ0) is 13.0. The fourth-order valence-electron chi connectivity index (χ4n) is 2.08. The minimum atomic E-state index is 0.339. The van der Waals surface area contributed by atoms with E-state index in [1.807, 2.05) is 23.9 Å². The zero-order valence-electron chi connectivity index (χ0n) is 11.4. The molecule has 0 fully saturated rings. The number of nitrogens with one attached hydrogen (secondary N) is 1. The van der Waals surface area contributed by atoms with Gasteiger partial charge in [-0.15, -0.1) is 0 Å². The Bertz CT molecular complexity index is 502. The number of aryl methyl sites for hydroxylation is 1. The summed E-state index contributed by atoms with van der Waals surface area (Å²) >= 11 is 0. The first-order valence-electron chi connectivity index (χ1n) is 6.57. The summed E-state index contributed by atoms with van der Waals surface area (Å²) in [6.45, 7) is 7.43. The summed E-state index contributed by atoms with van der Waals surface area (Å²) in [6, 6.07) is 10.8. The second kappa shape index (κ2) is 5.83. The number of nitrogens with zero attached hydrogens (tertiary/aromatic N) is 2. The van der Waals surface area contributed by atoms with Crippen molar-refractivity contribution in [2.45, 2.75) is 33.2 Å². The number of hydrogen-bond acceptors (Lipinski definition) is 2. The van der Waals surface area contributed by atoms with Crippen molar-refractivity contribution in [1.29, 1.82) is 0 Å². The average Bonchev–Trinajstić information content (AvgIpc) is 2.82. The van der Waals surface area contributed by atoms with E-state index >= 15 is 0 Å². The molecule has 1 unspecified atom stereocenters. The van der Waals surface area contributed by atoms with Crippen LogP contribution in [0.2, 0.25) is 0 Å². The lowest BCUT2D eigenvalue weighted by molar-refractivity contribution is 0.567. The van der Waals surface area contributed by atoms with Crippen LogP contribution in [0.1, 0.15) is 37.6 Å². The molecule has 0 spiro atoms. The normalized spacial score (nSPS) is 12.6. The Morgan fingerprint density at radius 1 is 1.28 bits per heavy atom. The average molecular weight is 243 g/mol. The summed E-state index contributed by atoms with van der Waals surface area (Å²) in [5.41, 5.74) is 3.48. The predicted molar refractivity (Wildman–Crippen MR) is 75.0 cm³/mol. The van der Waals surface area contributed by atoms with Gasteiger partial charge in [0.15, 0.2) is 0 Å². The zero-order valence-corrected chi connectivity index (χ0v) is 11.4. The van der Waals surface area contributed by atoms with Gasteiger partial charge in [0, 0.05) is 12.2 Å². The molecule has 1 atom stereocenters. The largest absolute Gasteiger partial charge is 0.310 e. The molecule has 0 radical (unpaired) electrons. The van der Waals surface area contributed by atoms with Crippen molar-refractivity contribution in [2.75, 3.05) is 6.54 Å². The molecule has 1 aromatic heterocycles. The summed E-state index contributed by atoms with van der Waals surface area (Å²) in [7, 11) is 0. The summed E-state index contributed by atoms with van der Waals surface area (Å²) in [5.74, 6) is 0. The number of rotatable bonds is 5. The van der Waals surface area contributed by atoms with Gasteiger partial charge in [-0.1, -0.05) is 25.1 Å². The van der Waals surface area contributed by atoms with Gasteiger partial charge in [-0.25, -0.2) is 4.68 Å². The van der Waals surface area contributed by atoms with Crippen molar-refractivity contribution in [3.05, 3.63) is 47.8 Å². The molecule has 0 saturated heterocycles. The van der Waals surface area contributed by atoms with Crippen LogP contribution in [0.25, 0.3) is 5.69 Å². The molecule has 18 heavy (non-hydrogen) atoms. The molecule has 3 heteroatoms. The first-order chi connectivity index (χ1) is 8.72. The van der Waals surface area contributed by atoms with Crippen molar-refractivity contribution in [2.24, 2.45) is 0 Å². The maximum Gasteiger partial charge on any atom is 0.0693 e. The van der Waals surface area contributed by atoms with Gasteiger partial charge in [-0.2, -0.15) is 5.10 Å². The first kappa shape index (κ1) is 12.8. The van der Waals surface area contributed by atoms with Crippen molar-refractivity contribution in [3.8, 4) is 5.69 Å². The van der Waals surface area contributed by atoms with E-state index in [1.54, 1.807) is 0 Å². The highest BCUT2D eigenvalue weighted by Gasteiger charge is 2.11. The topological polar surface area (TPSA) is 29.9 Å². The Labute approximate surface area is 109 Å². The summed E-state index contributed by atoms with van der Waals surface area (Å²) in [5, 5.41) is 8.02. The first-order valence-corrected chi connectivity index (χ1v) is 6.57. The van der Waals surface area contributed by atoms with Gasteiger partial charge in [-0.05, 0) is 44.5 Å². The summed E-state index contributed by atoms with van der Waals surface area (Å²) in [6.07, 6.45) is 3.16. The molecule has 1 N–H and O–H groups in total. The SMILES string of the molecule is CCCNC(C)c1ccccc1-n1ccc(C)n1. The molecule has 0 aliphatic carbocycles. The molecule has 1 heterocycles. The van der Waals surface area contributed by atoms with E-state index in [0.717, 1.165) is 24.3 Å². The van der Waals surface area contributed by atoms with Gasteiger partial charge in [-0.3, -0.25) is 0 Å². The minimum absolute atomic E-state index is 0.339. The Morgan fingerprint density at radius 3 is 2.72 bits per heavy atom. The van der Waals surface area contributed by atoms with Crippen LogP contribution in [0.3, 0.4) is 0 Å².